The summed E-state index contributed by atoms with van der Waals surface area (Å²) in [6, 6.07) is 0. The first-order valence-electron chi connectivity index (χ1n) is 4.18. The molecule has 0 aliphatic carbocycles. The van der Waals surface area contributed by atoms with Gasteiger partial charge in [0.25, 0.3) is 0 Å². The maximum atomic E-state index is 10.9. The monoisotopic (exact) mass is 205 g/mol. The van der Waals surface area contributed by atoms with Crippen LogP contribution < -0.4 is 5.32 Å². The van der Waals surface area contributed by atoms with Gasteiger partial charge in [0.1, 0.15) is 6.61 Å². The molecular formula is C8H15NO5. The fourth-order valence-corrected chi connectivity index (χ4v) is 0.889. The number of carboxylic acid groups (broad SMARTS) is 1. The van der Waals surface area contributed by atoms with Crippen LogP contribution in [0.15, 0.2) is 0 Å². The Hall–Kier alpha value is -1.14. The van der Waals surface area contributed by atoms with Gasteiger partial charge in [-0.3, -0.25) is 9.59 Å². The van der Waals surface area contributed by atoms with E-state index in [9.17, 15) is 9.59 Å². The summed E-state index contributed by atoms with van der Waals surface area (Å²) in [7, 11) is 1.39. The first-order chi connectivity index (χ1) is 6.60. The number of aliphatic carboxylic acids is 1. The second kappa shape index (κ2) is 7.28. The van der Waals surface area contributed by atoms with Crippen LogP contribution in [-0.4, -0.2) is 49.0 Å². The second-order valence-electron chi connectivity index (χ2n) is 2.88. The zero-order valence-corrected chi connectivity index (χ0v) is 8.02. The van der Waals surface area contributed by atoms with Crippen LogP contribution in [0.5, 0.6) is 0 Å². The quantitative estimate of drug-likeness (QED) is 0.487. The van der Waals surface area contributed by atoms with Crippen LogP contribution in [0.25, 0.3) is 0 Å². The summed E-state index contributed by atoms with van der Waals surface area (Å²) in [5.41, 5.74) is 0. The summed E-state index contributed by atoms with van der Waals surface area (Å²) in [5.74, 6) is -1.77. The highest BCUT2D eigenvalue weighted by molar-refractivity contribution is 5.77. The molecule has 0 aromatic carbocycles. The van der Waals surface area contributed by atoms with E-state index in [0.29, 0.717) is 0 Å². The predicted octanol–water partition coefficient (Wildman–Crippen LogP) is -1.17. The summed E-state index contributed by atoms with van der Waals surface area (Å²) in [5, 5.41) is 19.7. The van der Waals surface area contributed by atoms with Crippen molar-refractivity contribution < 1.29 is 24.5 Å². The van der Waals surface area contributed by atoms with E-state index >= 15 is 0 Å². The Bertz CT molecular complexity index is 194. The standard InChI is InChI=1S/C8H15NO5/c1-14-5-7(11)9-3-6(4-10)2-8(12)13/h6,10H,2-5H2,1H3,(H,9,11)(H,12,13). The fourth-order valence-electron chi connectivity index (χ4n) is 0.889. The Balaban J connectivity index is 3.71. The minimum absolute atomic E-state index is 0.0643. The van der Waals surface area contributed by atoms with E-state index < -0.39 is 11.9 Å². The van der Waals surface area contributed by atoms with Crippen molar-refractivity contribution in [1.82, 2.24) is 5.32 Å². The number of carbonyl (C=O) groups excluding carboxylic acids is 1. The SMILES string of the molecule is COCC(=O)NCC(CO)CC(=O)O. The van der Waals surface area contributed by atoms with Crippen molar-refractivity contribution in [2.45, 2.75) is 6.42 Å². The Morgan fingerprint density at radius 2 is 2.14 bits per heavy atom. The van der Waals surface area contributed by atoms with Gasteiger partial charge in [0.15, 0.2) is 0 Å². The normalized spacial score (nSPS) is 12.1. The lowest BCUT2D eigenvalue weighted by molar-refractivity contribution is -0.138. The number of hydrogen-bond donors (Lipinski definition) is 3. The molecule has 0 bridgehead atoms. The summed E-state index contributed by atoms with van der Waals surface area (Å²) >= 11 is 0. The molecule has 6 heteroatoms. The van der Waals surface area contributed by atoms with Crippen LogP contribution in [0, 0.1) is 5.92 Å². The number of carboxylic acids is 1. The number of amides is 1. The smallest absolute Gasteiger partial charge is 0.303 e. The number of aliphatic hydroxyl groups is 1. The summed E-state index contributed by atoms with van der Waals surface area (Å²) < 4.78 is 4.56. The molecule has 3 N–H and O–H groups in total. The van der Waals surface area contributed by atoms with Crippen molar-refractivity contribution in [2.75, 3.05) is 26.9 Å². The van der Waals surface area contributed by atoms with E-state index in [2.05, 4.69) is 10.1 Å². The third-order valence-electron chi connectivity index (χ3n) is 1.58. The number of hydrogen-bond acceptors (Lipinski definition) is 4. The molecule has 82 valence electrons. The second-order valence-corrected chi connectivity index (χ2v) is 2.88. The first kappa shape index (κ1) is 12.9. The molecule has 0 aromatic rings. The van der Waals surface area contributed by atoms with E-state index in [1.807, 2.05) is 0 Å². The summed E-state index contributed by atoms with van der Waals surface area (Å²) in [6.07, 6.45) is -0.163. The fraction of sp³-hybridized carbons (Fsp3) is 0.750. The molecule has 6 nitrogen and oxygen atoms in total. The van der Waals surface area contributed by atoms with Crippen molar-refractivity contribution in [3.8, 4) is 0 Å². The van der Waals surface area contributed by atoms with Crippen LogP contribution in [-0.2, 0) is 14.3 Å². The first-order valence-corrected chi connectivity index (χ1v) is 4.18. The van der Waals surface area contributed by atoms with E-state index in [1.54, 1.807) is 0 Å². The summed E-state index contributed by atoms with van der Waals surface area (Å²) in [4.78, 5) is 21.2. The van der Waals surface area contributed by atoms with Gasteiger partial charge in [-0.05, 0) is 0 Å². The van der Waals surface area contributed by atoms with Gasteiger partial charge >= 0.3 is 5.97 Å². The minimum Gasteiger partial charge on any atom is -0.481 e. The average molecular weight is 205 g/mol. The number of methoxy groups -OCH3 is 1. The molecule has 0 aromatic heterocycles. The number of nitrogens with one attached hydrogen (secondary N) is 1. The highest BCUT2D eigenvalue weighted by atomic mass is 16.5. The van der Waals surface area contributed by atoms with Crippen LogP contribution in [0.3, 0.4) is 0 Å². The molecule has 0 aliphatic heterocycles. The van der Waals surface area contributed by atoms with E-state index in [4.69, 9.17) is 10.2 Å². The van der Waals surface area contributed by atoms with E-state index in [-0.39, 0.29) is 32.1 Å². The number of aliphatic hydroxyl groups excluding tert-OH is 1. The third kappa shape index (κ3) is 6.38. The van der Waals surface area contributed by atoms with Gasteiger partial charge in [-0.15, -0.1) is 0 Å². The van der Waals surface area contributed by atoms with Gasteiger partial charge in [-0.2, -0.15) is 0 Å². The van der Waals surface area contributed by atoms with Crippen LogP contribution >= 0.6 is 0 Å². The minimum atomic E-state index is -0.995. The Morgan fingerprint density at radius 1 is 1.50 bits per heavy atom. The Morgan fingerprint density at radius 3 is 2.57 bits per heavy atom. The lowest BCUT2D eigenvalue weighted by Gasteiger charge is -2.12. The molecule has 0 fully saturated rings. The van der Waals surface area contributed by atoms with Gasteiger partial charge in [0.05, 0.1) is 6.42 Å². The third-order valence-corrected chi connectivity index (χ3v) is 1.58. The zero-order valence-electron chi connectivity index (χ0n) is 8.02. The Kier molecular flexibility index (Phi) is 6.69. The Labute approximate surface area is 81.9 Å². The van der Waals surface area contributed by atoms with Gasteiger partial charge in [0, 0.05) is 26.2 Å². The molecule has 0 radical (unpaired) electrons. The zero-order chi connectivity index (χ0) is 11.0. The molecule has 0 saturated heterocycles. The van der Waals surface area contributed by atoms with Gasteiger partial charge in [0.2, 0.25) is 5.91 Å². The lowest BCUT2D eigenvalue weighted by Crippen LogP contribution is -2.34. The molecule has 0 heterocycles. The maximum Gasteiger partial charge on any atom is 0.303 e. The van der Waals surface area contributed by atoms with Crippen molar-refractivity contribution in [1.29, 1.82) is 0 Å². The van der Waals surface area contributed by atoms with E-state index in [0.717, 1.165) is 0 Å². The summed E-state index contributed by atoms with van der Waals surface area (Å²) in [6.45, 7) is -0.185. The lowest BCUT2D eigenvalue weighted by atomic mass is 10.1. The topological polar surface area (TPSA) is 95.9 Å². The average Bonchev–Trinajstić information content (AvgIpc) is 2.12. The largest absolute Gasteiger partial charge is 0.481 e. The number of rotatable bonds is 7. The van der Waals surface area contributed by atoms with E-state index in [1.165, 1.54) is 7.11 Å². The van der Waals surface area contributed by atoms with Gasteiger partial charge < -0.3 is 20.3 Å². The van der Waals surface area contributed by atoms with Crippen LogP contribution in [0.1, 0.15) is 6.42 Å². The van der Waals surface area contributed by atoms with Crippen molar-refractivity contribution in [2.24, 2.45) is 5.92 Å². The van der Waals surface area contributed by atoms with Gasteiger partial charge in [-0.25, -0.2) is 0 Å². The molecule has 0 aliphatic rings. The highest BCUT2D eigenvalue weighted by Crippen LogP contribution is 1.99. The molecule has 1 unspecified atom stereocenters. The van der Waals surface area contributed by atoms with Crippen molar-refractivity contribution in [3.05, 3.63) is 0 Å². The highest BCUT2D eigenvalue weighted by Gasteiger charge is 2.13. The molecular weight excluding hydrogens is 190 g/mol. The molecule has 0 spiro atoms. The number of ether oxygens (including phenoxy) is 1. The maximum absolute atomic E-state index is 10.9. The van der Waals surface area contributed by atoms with Crippen molar-refractivity contribution >= 4 is 11.9 Å². The number of carbonyl (C=O) groups is 2. The molecule has 0 rings (SSSR count). The van der Waals surface area contributed by atoms with Crippen molar-refractivity contribution in [3.63, 3.8) is 0 Å². The van der Waals surface area contributed by atoms with Crippen LogP contribution in [0.4, 0.5) is 0 Å². The molecule has 1 atom stereocenters. The molecule has 14 heavy (non-hydrogen) atoms. The van der Waals surface area contributed by atoms with Crippen LogP contribution in [0.2, 0.25) is 0 Å². The molecule has 0 saturated carbocycles. The van der Waals surface area contributed by atoms with Gasteiger partial charge in [-0.1, -0.05) is 0 Å². The molecule has 1 amide bonds. The predicted molar refractivity (Wildman–Crippen MR) is 47.7 cm³/mol.